The highest BCUT2D eigenvalue weighted by Gasteiger charge is 1.99. The number of aliphatic hydroxyl groups is 1. The lowest BCUT2D eigenvalue weighted by atomic mass is 10.1. The highest BCUT2D eigenvalue weighted by molar-refractivity contribution is 5.21. The maximum atomic E-state index is 9.02. The fraction of sp³-hybridized carbons (Fsp3) is 0.636. The summed E-state index contributed by atoms with van der Waals surface area (Å²) in [6.45, 7) is 4.92. The number of hydrogen-bond acceptors (Lipinski definition) is 2. The molecule has 0 aromatic heterocycles. The van der Waals surface area contributed by atoms with Crippen molar-refractivity contribution >= 4 is 0 Å². The molecule has 0 fully saturated rings. The summed E-state index contributed by atoms with van der Waals surface area (Å²) in [6.07, 6.45) is 11.7. The zero-order chi connectivity index (χ0) is 17.5. The van der Waals surface area contributed by atoms with Gasteiger partial charge in [-0.2, -0.15) is 0 Å². The van der Waals surface area contributed by atoms with E-state index in [9.17, 15) is 0 Å². The minimum absolute atomic E-state index is 0.0310. The van der Waals surface area contributed by atoms with Gasteiger partial charge in [0, 0.05) is 6.42 Å². The summed E-state index contributed by atoms with van der Waals surface area (Å²) in [5, 5.41) is 9.02. The summed E-state index contributed by atoms with van der Waals surface area (Å²) in [6, 6.07) is 7.84. The summed E-state index contributed by atoms with van der Waals surface area (Å²) in [5.41, 5.74) is 2.04. The maximum absolute atomic E-state index is 9.02. The highest BCUT2D eigenvalue weighted by atomic mass is 16.5. The second kappa shape index (κ2) is 14.1. The predicted octanol–water partition coefficient (Wildman–Crippen LogP) is 5.62. The normalized spacial score (nSPS) is 11.8. The molecule has 0 saturated heterocycles. The van der Waals surface area contributed by atoms with Gasteiger partial charge in [-0.25, -0.2) is 0 Å². The summed E-state index contributed by atoms with van der Waals surface area (Å²) < 4.78 is 5.75. The molecule has 2 nitrogen and oxygen atoms in total. The monoisotopic (exact) mass is 330 g/mol. The molecule has 1 N–H and O–H groups in total. The van der Waals surface area contributed by atoms with Crippen molar-refractivity contribution in [3.05, 3.63) is 35.4 Å². The van der Waals surface area contributed by atoms with E-state index in [1.165, 1.54) is 51.4 Å². The van der Waals surface area contributed by atoms with E-state index < -0.39 is 0 Å². The Bertz CT molecular complexity index is 467. The van der Waals surface area contributed by atoms with Gasteiger partial charge in [-0.15, -0.1) is 5.92 Å². The molecule has 0 amide bonds. The number of hydrogen-bond donors (Lipinski definition) is 1. The number of benzene rings is 1. The molecule has 0 radical (unpaired) electrons. The SMILES string of the molecule is CCCCCCCCCCC#C[C@@H](C)OCc1ccc(CO)cc1. The van der Waals surface area contributed by atoms with Gasteiger partial charge in [0.2, 0.25) is 0 Å². The molecule has 0 aliphatic rings. The molecule has 1 aromatic rings. The molecular formula is C22H34O2. The Hall–Kier alpha value is -1.30. The zero-order valence-electron chi connectivity index (χ0n) is 15.5. The fourth-order valence-corrected chi connectivity index (χ4v) is 2.57. The molecule has 0 aliphatic carbocycles. The first-order chi connectivity index (χ1) is 11.8. The first kappa shape index (κ1) is 20.7. The molecule has 1 rings (SSSR count). The summed E-state index contributed by atoms with van der Waals surface area (Å²) in [7, 11) is 0. The van der Waals surface area contributed by atoms with Crippen LogP contribution in [0.5, 0.6) is 0 Å². The van der Waals surface area contributed by atoms with Crippen LogP contribution in [0.2, 0.25) is 0 Å². The average molecular weight is 331 g/mol. The second-order valence-electron chi connectivity index (χ2n) is 6.47. The number of rotatable bonds is 12. The first-order valence-electron chi connectivity index (χ1n) is 9.55. The van der Waals surface area contributed by atoms with Gasteiger partial charge >= 0.3 is 0 Å². The third-order valence-electron chi connectivity index (χ3n) is 4.17. The Morgan fingerprint density at radius 1 is 0.917 bits per heavy atom. The number of unbranched alkanes of at least 4 members (excludes halogenated alkanes) is 8. The quantitative estimate of drug-likeness (QED) is 0.398. The van der Waals surface area contributed by atoms with Crippen molar-refractivity contribution in [3.63, 3.8) is 0 Å². The minimum atomic E-state index is -0.0310. The van der Waals surface area contributed by atoms with Crippen molar-refractivity contribution in [3.8, 4) is 11.8 Å². The van der Waals surface area contributed by atoms with Crippen LogP contribution in [-0.2, 0) is 18.0 Å². The topological polar surface area (TPSA) is 29.5 Å². The van der Waals surface area contributed by atoms with E-state index in [1.54, 1.807) is 0 Å². The van der Waals surface area contributed by atoms with Crippen LogP contribution in [0.25, 0.3) is 0 Å². The number of ether oxygens (including phenoxy) is 1. The van der Waals surface area contributed by atoms with Gasteiger partial charge < -0.3 is 9.84 Å². The van der Waals surface area contributed by atoms with Crippen LogP contribution in [0.3, 0.4) is 0 Å². The Morgan fingerprint density at radius 2 is 1.50 bits per heavy atom. The van der Waals surface area contributed by atoms with E-state index in [0.29, 0.717) is 6.61 Å². The van der Waals surface area contributed by atoms with E-state index >= 15 is 0 Å². The molecule has 0 spiro atoms. The molecule has 0 bridgehead atoms. The predicted molar refractivity (Wildman–Crippen MR) is 102 cm³/mol. The first-order valence-corrected chi connectivity index (χ1v) is 9.55. The van der Waals surface area contributed by atoms with Crippen LogP contribution >= 0.6 is 0 Å². The van der Waals surface area contributed by atoms with E-state index in [0.717, 1.165) is 17.5 Å². The molecule has 0 unspecified atom stereocenters. The Kier molecular flexibility index (Phi) is 12.2. The van der Waals surface area contributed by atoms with Gasteiger partial charge in [0.15, 0.2) is 0 Å². The largest absolute Gasteiger partial charge is 0.392 e. The lowest BCUT2D eigenvalue weighted by Crippen LogP contribution is -2.05. The lowest BCUT2D eigenvalue weighted by molar-refractivity contribution is 0.0900. The fourth-order valence-electron chi connectivity index (χ4n) is 2.57. The van der Waals surface area contributed by atoms with Gasteiger partial charge in [-0.05, 0) is 24.5 Å². The van der Waals surface area contributed by atoms with Crippen LogP contribution in [0.1, 0.15) is 82.8 Å². The summed E-state index contributed by atoms with van der Waals surface area (Å²) in [4.78, 5) is 0. The van der Waals surface area contributed by atoms with E-state index in [4.69, 9.17) is 9.84 Å². The second-order valence-corrected chi connectivity index (χ2v) is 6.47. The number of aliphatic hydroxyl groups excluding tert-OH is 1. The average Bonchev–Trinajstić information content (AvgIpc) is 2.62. The van der Waals surface area contributed by atoms with E-state index in [-0.39, 0.29) is 12.7 Å². The molecular weight excluding hydrogens is 296 g/mol. The standard InChI is InChI=1S/C22H34O2/c1-3-4-5-6-7-8-9-10-11-12-13-20(2)24-19-22-16-14-21(18-23)15-17-22/h14-17,20,23H,3-11,18-19H2,1-2H3/t20-/m1/s1. The van der Waals surface area contributed by atoms with E-state index in [1.807, 2.05) is 31.2 Å². The Balaban J connectivity index is 2.04. The van der Waals surface area contributed by atoms with Crippen LogP contribution in [0.15, 0.2) is 24.3 Å². The molecule has 0 heterocycles. The maximum Gasteiger partial charge on any atom is 0.115 e. The van der Waals surface area contributed by atoms with Crippen LogP contribution in [-0.4, -0.2) is 11.2 Å². The van der Waals surface area contributed by atoms with Crippen molar-refractivity contribution < 1.29 is 9.84 Å². The van der Waals surface area contributed by atoms with E-state index in [2.05, 4.69) is 18.8 Å². The molecule has 134 valence electrons. The third-order valence-corrected chi connectivity index (χ3v) is 4.17. The van der Waals surface area contributed by atoms with Crippen molar-refractivity contribution in [2.45, 2.75) is 91.0 Å². The van der Waals surface area contributed by atoms with Gasteiger partial charge in [0.1, 0.15) is 6.10 Å². The van der Waals surface area contributed by atoms with Crippen LogP contribution in [0.4, 0.5) is 0 Å². The molecule has 2 heteroatoms. The minimum Gasteiger partial charge on any atom is -0.392 e. The third kappa shape index (κ3) is 10.5. The Morgan fingerprint density at radius 3 is 2.12 bits per heavy atom. The summed E-state index contributed by atoms with van der Waals surface area (Å²) >= 11 is 0. The van der Waals surface area contributed by atoms with Gasteiger partial charge in [0.05, 0.1) is 13.2 Å². The molecule has 1 atom stereocenters. The molecule has 1 aromatic carbocycles. The molecule has 24 heavy (non-hydrogen) atoms. The van der Waals surface area contributed by atoms with Gasteiger partial charge in [-0.1, -0.05) is 82.1 Å². The zero-order valence-corrected chi connectivity index (χ0v) is 15.5. The van der Waals surface area contributed by atoms with Gasteiger partial charge in [0.25, 0.3) is 0 Å². The van der Waals surface area contributed by atoms with Crippen LogP contribution in [0, 0.1) is 11.8 Å². The highest BCUT2D eigenvalue weighted by Crippen LogP contribution is 2.09. The van der Waals surface area contributed by atoms with Crippen molar-refractivity contribution in [2.24, 2.45) is 0 Å². The van der Waals surface area contributed by atoms with Crippen molar-refractivity contribution in [2.75, 3.05) is 0 Å². The summed E-state index contributed by atoms with van der Waals surface area (Å²) in [5.74, 6) is 6.42. The molecule has 0 aliphatic heterocycles. The lowest BCUT2D eigenvalue weighted by Gasteiger charge is -2.07. The van der Waals surface area contributed by atoms with Crippen molar-refractivity contribution in [1.82, 2.24) is 0 Å². The van der Waals surface area contributed by atoms with Crippen LogP contribution < -0.4 is 0 Å². The molecule has 0 saturated carbocycles. The van der Waals surface area contributed by atoms with Crippen molar-refractivity contribution in [1.29, 1.82) is 0 Å². The van der Waals surface area contributed by atoms with Gasteiger partial charge in [-0.3, -0.25) is 0 Å². The Labute approximate surface area is 148 Å². The smallest absolute Gasteiger partial charge is 0.115 e.